The summed E-state index contributed by atoms with van der Waals surface area (Å²) in [6, 6.07) is 0. The van der Waals surface area contributed by atoms with Crippen molar-refractivity contribution in [2.75, 3.05) is 12.3 Å². The van der Waals surface area contributed by atoms with E-state index in [-0.39, 0.29) is 17.0 Å². The first kappa shape index (κ1) is 16.4. The summed E-state index contributed by atoms with van der Waals surface area (Å²) in [7, 11) is 0. The average molecular weight is 360 g/mol. The van der Waals surface area contributed by atoms with E-state index in [0.717, 1.165) is 5.66 Å². The minimum atomic E-state index is -0.732. The Morgan fingerprint density at radius 1 is 1.00 bits per heavy atom. The van der Waals surface area contributed by atoms with E-state index in [9.17, 15) is 0 Å². The lowest BCUT2D eigenvalue weighted by Crippen LogP contribution is -3.00. The van der Waals surface area contributed by atoms with Crippen molar-refractivity contribution in [2.24, 2.45) is 0 Å². The predicted octanol–water partition coefficient (Wildman–Crippen LogP) is 2.47. The van der Waals surface area contributed by atoms with Crippen LogP contribution in [-0.4, -0.2) is 18.0 Å². The van der Waals surface area contributed by atoms with Crippen LogP contribution in [0.2, 0.25) is 0 Å². The van der Waals surface area contributed by atoms with Crippen LogP contribution in [0.3, 0.4) is 0 Å². The van der Waals surface area contributed by atoms with Crippen LogP contribution in [0.4, 0.5) is 0 Å². The van der Waals surface area contributed by atoms with Gasteiger partial charge in [0.2, 0.25) is 0 Å². The summed E-state index contributed by atoms with van der Waals surface area (Å²) in [5, 5.41) is 0. The van der Waals surface area contributed by atoms with Crippen molar-refractivity contribution in [1.29, 1.82) is 0 Å². The summed E-state index contributed by atoms with van der Waals surface area (Å²) in [5.74, 6) is -0.732. The minimum absolute atomic E-state index is 0. The third kappa shape index (κ3) is 5.04. The lowest BCUT2D eigenvalue weighted by atomic mass is 10.0. The quantitative estimate of drug-likeness (QED) is 0.661. The van der Waals surface area contributed by atoms with Crippen molar-refractivity contribution in [3.63, 3.8) is 0 Å². The molecule has 0 radical (unpaired) electrons. The molecule has 0 heterocycles. The molecule has 0 aromatic heterocycles. The number of hydrogen-bond donors (Lipinski definition) is 0. The van der Waals surface area contributed by atoms with Crippen LogP contribution in [0.15, 0.2) is 0 Å². The summed E-state index contributed by atoms with van der Waals surface area (Å²) in [6.07, 6.45) is 13.2. The van der Waals surface area contributed by atoms with Crippen molar-refractivity contribution < 1.29 is 17.0 Å². The summed E-state index contributed by atoms with van der Waals surface area (Å²) in [4.78, 5) is 0. The zero-order valence-electron chi connectivity index (χ0n) is 10.1. The number of halogens is 2. The Balaban J connectivity index is 0.00000196. The van der Waals surface area contributed by atoms with Crippen LogP contribution in [0.5, 0.6) is 0 Å². The molecule has 1 aliphatic carbocycles. The van der Waals surface area contributed by atoms with Crippen LogP contribution in [0.1, 0.15) is 58.8 Å². The second-order valence-electron chi connectivity index (χ2n) is 4.66. The largest absolute Gasteiger partial charge is 1.00 e. The highest BCUT2D eigenvalue weighted by atomic mass is 79.9. The molecule has 1 saturated carbocycles. The molecule has 0 aromatic rings. The number of hydrogen-bond acceptors (Lipinski definition) is 0. The highest BCUT2D eigenvalue weighted by Crippen LogP contribution is 2.73. The second-order valence-corrected chi connectivity index (χ2v) is 12.4. The standard InChI is InChI=1S/C12H25BrP.BrH/c1-3-10-14(13,11-4-2)12-8-6-5-7-9-12;/h12H,3-11H2,1-2H3;1H/q+1;/p-1. The van der Waals surface area contributed by atoms with Gasteiger partial charge in [-0.25, -0.2) is 0 Å². The van der Waals surface area contributed by atoms with Gasteiger partial charge in [-0.3, -0.25) is 0 Å². The highest BCUT2D eigenvalue weighted by molar-refractivity contribution is 9.42. The predicted molar refractivity (Wildman–Crippen MR) is 73.0 cm³/mol. The van der Waals surface area contributed by atoms with Crippen molar-refractivity contribution >= 4 is 21.5 Å². The molecule has 1 aliphatic rings. The lowest BCUT2D eigenvalue weighted by molar-refractivity contribution is -0.00000302. The van der Waals surface area contributed by atoms with Gasteiger partial charge >= 0.3 is 0 Å². The van der Waals surface area contributed by atoms with Gasteiger partial charge in [-0.1, -0.05) is 20.3 Å². The Hall–Kier alpha value is 1.39. The maximum Gasteiger partial charge on any atom is 0.139 e. The summed E-state index contributed by atoms with van der Waals surface area (Å²) >= 11 is 4.18. The summed E-state index contributed by atoms with van der Waals surface area (Å²) in [6.45, 7) is 4.68. The Kier molecular flexibility index (Phi) is 9.26. The topological polar surface area (TPSA) is 0 Å². The third-order valence-corrected chi connectivity index (χ3v) is 11.5. The van der Waals surface area contributed by atoms with E-state index in [2.05, 4.69) is 29.3 Å². The van der Waals surface area contributed by atoms with Crippen LogP contribution >= 0.6 is 21.5 Å². The molecule has 0 saturated heterocycles. The van der Waals surface area contributed by atoms with Crippen molar-refractivity contribution in [2.45, 2.75) is 64.5 Å². The van der Waals surface area contributed by atoms with Gasteiger partial charge in [0.05, 0.1) is 23.9 Å². The maximum absolute atomic E-state index is 4.18. The first-order chi connectivity index (χ1) is 6.73. The van der Waals surface area contributed by atoms with E-state index >= 15 is 0 Å². The Morgan fingerprint density at radius 3 is 1.87 bits per heavy atom. The van der Waals surface area contributed by atoms with Crippen LogP contribution < -0.4 is 17.0 Å². The normalized spacial score (nSPS) is 18.6. The molecule has 0 N–H and O–H groups in total. The zero-order chi connectivity index (χ0) is 10.4. The van der Waals surface area contributed by atoms with Crippen LogP contribution in [-0.2, 0) is 0 Å². The second kappa shape index (κ2) is 8.48. The zero-order valence-corrected chi connectivity index (χ0v) is 14.2. The van der Waals surface area contributed by atoms with Gasteiger partial charge in [0.25, 0.3) is 0 Å². The van der Waals surface area contributed by atoms with E-state index in [1.54, 1.807) is 0 Å². The molecule has 3 heteroatoms. The monoisotopic (exact) mass is 358 g/mol. The first-order valence-electron chi connectivity index (χ1n) is 6.29. The maximum atomic E-state index is 4.18. The highest BCUT2D eigenvalue weighted by Gasteiger charge is 2.42. The average Bonchev–Trinajstić information content (AvgIpc) is 2.20. The molecule has 0 unspecified atom stereocenters. The van der Waals surface area contributed by atoms with Gasteiger partial charge in [0.15, 0.2) is 0 Å². The Morgan fingerprint density at radius 2 is 1.47 bits per heavy atom. The fourth-order valence-corrected chi connectivity index (χ4v) is 9.85. The van der Waals surface area contributed by atoms with Gasteiger partial charge < -0.3 is 17.0 Å². The number of rotatable bonds is 5. The molecular weight excluding hydrogens is 335 g/mol. The molecule has 15 heavy (non-hydrogen) atoms. The Bertz CT molecular complexity index is 150. The van der Waals surface area contributed by atoms with Gasteiger partial charge in [-0.2, -0.15) is 0 Å². The minimum Gasteiger partial charge on any atom is -1.00 e. The molecule has 1 rings (SSSR count). The SMILES string of the molecule is CCC[P+](Br)(CCC)C1CCCCC1.[Br-]. The van der Waals surface area contributed by atoms with Gasteiger partial charge in [-0.05, 0) is 38.5 Å². The first-order valence-corrected chi connectivity index (χ1v) is 10.5. The summed E-state index contributed by atoms with van der Waals surface area (Å²) < 4.78 is 0. The van der Waals surface area contributed by atoms with E-state index in [0.29, 0.717) is 0 Å². The smallest absolute Gasteiger partial charge is 0.139 e. The fourth-order valence-electron chi connectivity index (χ4n) is 2.76. The molecule has 0 atom stereocenters. The fraction of sp³-hybridized carbons (Fsp3) is 1.00. The van der Waals surface area contributed by atoms with E-state index in [1.807, 2.05) is 0 Å². The van der Waals surface area contributed by atoms with Crippen molar-refractivity contribution in [3.8, 4) is 0 Å². The molecule has 0 bridgehead atoms. The van der Waals surface area contributed by atoms with E-state index in [4.69, 9.17) is 0 Å². The molecule has 0 aliphatic heterocycles. The summed E-state index contributed by atoms with van der Waals surface area (Å²) in [5.41, 5.74) is 1.07. The van der Waals surface area contributed by atoms with E-state index < -0.39 is 5.96 Å². The van der Waals surface area contributed by atoms with Crippen molar-refractivity contribution in [3.05, 3.63) is 0 Å². The molecule has 0 aromatic carbocycles. The van der Waals surface area contributed by atoms with Gasteiger partial charge in [-0.15, -0.1) is 0 Å². The van der Waals surface area contributed by atoms with E-state index in [1.165, 1.54) is 57.3 Å². The Labute approximate surface area is 115 Å². The third-order valence-electron chi connectivity index (χ3n) is 3.42. The van der Waals surface area contributed by atoms with Crippen molar-refractivity contribution in [1.82, 2.24) is 0 Å². The molecule has 1 fully saturated rings. The molecule has 92 valence electrons. The molecule has 0 spiro atoms. The van der Waals surface area contributed by atoms with Gasteiger partial charge in [0.1, 0.15) is 15.5 Å². The molecule has 0 amide bonds. The van der Waals surface area contributed by atoms with Crippen LogP contribution in [0.25, 0.3) is 0 Å². The molecular formula is C12H25Br2P. The van der Waals surface area contributed by atoms with Crippen LogP contribution in [0, 0.1) is 0 Å². The molecule has 0 nitrogen and oxygen atoms in total. The lowest BCUT2D eigenvalue weighted by Gasteiger charge is -2.31. The van der Waals surface area contributed by atoms with Gasteiger partial charge in [0, 0.05) is 0 Å².